The van der Waals surface area contributed by atoms with E-state index in [1.54, 1.807) is 6.07 Å². The third-order valence-electron chi connectivity index (χ3n) is 3.64. The first-order valence-electron chi connectivity index (χ1n) is 6.81. The van der Waals surface area contributed by atoms with E-state index in [2.05, 4.69) is 5.29 Å². The van der Waals surface area contributed by atoms with Crippen LogP contribution < -0.4 is 0 Å². The van der Waals surface area contributed by atoms with Crippen molar-refractivity contribution in [3.8, 4) is 0 Å². The molecule has 2 atom stereocenters. The minimum absolute atomic E-state index is 0.0776. The molecule has 0 saturated carbocycles. The normalized spacial score (nSPS) is 21.5. The Morgan fingerprint density at radius 1 is 1.14 bits per heavy atom. The van der Waals surface area contributed by atoms with Gasteiger partial charge in [0.15, 0.2) is 6.23 Å². The van der Waals surface area contributed by atoms with Gasteiger partial charge in [-0.15, -0.1) is 4.91 Å². The molecule has 0 radical (unpaired) electrons. The van der Waals surface area contributed by atoms with Gasteiger partial charge in [-0.05, 0) is 18.1 Å². The molecule has 2 aromatic rings. The van der Waals surface area contributed by atoms with E-state index < -0.39 is 6.23 Å². The SMILES string of the molecule is O=NN1[C@@H](Cc2ccccc2)CO[C@H]1c1ccccc1Cl. The Morgan fingerprint density at radius 2 is 1.86 bits per heavy atom. The molecule has 1 saturated heterocycles. The molecule has 5 heteroatoms. The lowest BCUT2D eigenvalue weighted by molar-refractivity contribution is 0.0296. The molecule has 1 aliphatic rings. The van der Waals surface area contributed by atoms with E-state index >= 15 is 0 Å². The molecule has 0 bridgehead atoms. The van der Waals surface area contributed by atoms with Crippen molar-refractivity contribution >= 4 is 11.6 Å². The molecule has 0 amide bonds. The van der Waals surface area contributed by atoms with Gasteiger partial charge in [-0.1, -0.05) is 60.1 Å². The van der Waals surface area contributed by atoms with Crippen LogP contribution in [0.1, 0.15) is 17.4 Å². The molecule has 1 heterocycles. The summed E-state index contributed by atoms with van der Waals surface area (Å²) in [5, 5.41) is 5.21. The van der Waals surface area contributed by atoms with Gasteiger partial charge in [0.05, 0.1) is 17.9 Å². The topological polar surface area (TPSA) is 41.9 Å². The van der Waals surface area contributed by atoms with E-state index in [0.29, 0.717) is 18.1 Å². The highest BCUT2D eigenvalue weighted by Crippen LogP contribution is 2.35. The lowest BCUT2D eigenvalue weighted by Gasteiger charge is -2.22. The highest BCUT2D eigenvalue weighted by atomic mass is 35.5. The van der Waals surface area contributed by atoms with E-state index in [0.717, 1.165) is 11.1 Å². The fourth-order valence-electron chi connectivity index (χ4n) is 2.60. The molecular formula is C16H15ClN2O2. The van der Waals surface area contributed by atoms with Gasteiger partial charge in [0.2, 0.25) is 0 Å². The molecule has 1 fully saturated rings. The number of nitrogens with zero attached hydrogens (tertiary/aromatic N) is 2. The molecule has 0 spiro atoms. The van der Waals surface area contributed by atoms with Crippen LogP contribution in [0.5, 0.6) is 0 Å². The third-order valence-corrected chi connectivity index (χ3v) is 3.98. The van der Waals surface area contributed by atoms with Crippen LogP contribution in [-0.2, 0) is 11.2 Å². The standard InChI is InChI=1S/C16H15ClN2O2/c17-15-9-5-4-8-14(15)16-19(18-20)13(11-21-16)10-12-6-2-1-3-7-12/h1-9,13,16H,10-11H2/t13-,16-/m0/s1. The van der Waals surface area contributed by atoms with Crippen LogP contribution in [0.3, 0.4) is 0 Å². The van der Waals surface area contributed by atoms with Crippen LogP contribution in [0.4, 0.5) is 0 Å². The van der Waals surface area contributed by atoms with Gasteiger partial charge < -0.3 is 4.74 Å². The average molecular weight is 303 g/mol. The van der Waals surface area contributed by atoms with Crippen LogP contribution in [0.2, 0.25) is 5.02 Å². The van der Waals surface area contributed by atoms with E-state index in [9.17, 15) is 4.91 Å². The molecule has 2 aromatic carbocycles. The number of benzene rings is 2. The predicted octanol–water partition coefficient (Wildman–Crippen LogP) is 3.96. The number of nitroso groups, excluding NO2 is 1. The molecule has 3 rings (SSSR count). The second kappa shape index (κ2) is 6.24. The molecule has 4 nitrogen and oxygen atoms in total. The van der Waals surface area contributed by atoms with Crippen LogP contribution >= 0.6 is 11.6 Å². The predicted molar refractivity (Wildman–Crippen MR) is 81.7 cm³/mol. The van der Waals surface area contributed by atoms with Crippen LogP contribution in [0.25, 0.3) is 0 Å². The molecular weight excluding hydrogens is 288 g/mol. The number of ether oxygens (including phenoxy) is 1. The fourth-order valence-corrected chi connectivity index (χ4v) is 2.83. The maximum Gasteiger partial charge on any atom is 0.176 e. The zero-order valence-corrected chi connectivity index (χ0v) is 12.1. The van der Waals surface area contributed by atoms with Crippen molar-refractivity contribution in [3.05, 3.63) is 75.7 Å². The second-order valence-electron chi connectivity index (χ2n) is 5.01. The van der Waals surface area contributed by atoms with Gasteiger partial charge in [-0.2, -0.15) is 0 Å². The van der Waals surface area contributed by atoms with Gasteiger partial charge in [-0.3, -0.25) is 0 Å². The van der Waals surface area contributed by atoms with Crippen LogP contribution in [0, 0.1) is 4.91 Å². The van der Waals surface area contributed by atoms with Crippen molar-refractivity contribution in [2.24, 2.45) is 5.29 Å². The van der Waals surface area contributed by atoms with Gasteiger partial charge in [0.1, 0.15) is 0 Å². The Labute approximate surface area is 128 Å². The summed E-state index contributed by atoms with van der Waals surface area (Å²) in [4.78, 5) is 11.3. The zero-order valence-electron chi connectivity index (χ0n) is 11.4. The molecule has 21 heavy (non-hydrogen) atoms. The first-order valence-corrected chi connectivity index (χ1v) is 7.19. The Kier molecular flexibility index (Phi) is 4.18. The number of halogens is 1. The summed E-state index contributed by atoms with van der Waals surface area (Å²) in [6.07, 6.45) is 0.206. The largest absolute Gasteiger partial charge is 0.350 e. The van der Waals surface area contributed by atoms with Crippen molar-refractivity contribution in [3.63, 3.8) is 0 Å². The molecule has 0 aromatic heterocycles. The highest BCUT2D eigenvalue weighted by molar-refractivity contribution is 6.31. The molecule has 0 aliphatic carbocycles. The summed E-state index contributed by atoms with van der Waals surface area (Å²) in [5.41, 5.74) is 1.92. The molecule has 108 valence electrons. The smallest absolute Gasteiger partial charge is 0.176 e. The first kappa shape index (κ1) is 14.0. The monoisotopic (exact) mass is 302 g/mol. The summed E-state index contributed by atoms with van der Waals surface area (Å²) in [5.74, 6) is 0. The number of rotatable bonds is 4. The van der Waals surface area contributed by atoms with Crippen molar-refractivity contribution < 1.29 is 4.74 Å². The van der Waals surface area contributed by atoms with Gasteiger partial charge in [0.25, 0.3) is 0 Å². The van der Waals surface area contributed by atoms with Crippen molar-refractivity contribution in [1.82, 2.24) is 5.01 Å². The Bertz CT molecular complexity index is 621. The highest BCUT2D eigenvalue weighted by Gasteiger charge is 2.36. The van der Waals surface area contributed by atoms with Gasteiger partial charge >= 0.3 is 0 Å². The first-order chi connectivity index (χ1) is 10.3. The molecule has 0 N–H and O–H groups in total. The minimum atomic E-state index is -0.509. The Hall–Kier alpha value is -1.91. The Balaban J connectivity index is 1.80. The summed E-state index contributed by atoms with van der Waals surface area (Å²) in [6.45, 7) is 0.455. The number of hydrogen-bond acceptors (Lipinski definition) is 3. The summed E-state index contributed by atoms with van der Waals surface area (Å²) >= 11 is 6.18. The fraction of sp³-hybridized carbons (Fsp3) is 0.250. The Morgan fingerprint density at radius 3 is 2.57 bits per heavy atom. The lowest BCUT2D eigenvalue weighted by Crippen LogP contribution is -2.29. The minimum Gasteiger partial charge on any atom is -0.350 e. The maximum atomic E-state index is 11.3. The quantitative estimate of drug-likeness (QED) is 0.803. The summed E-state index contributed by atoms with van der Waals surface area (Å²) in [6, 6.07) is 17.3. The van der Waals surface area contributed by atoms with E-state index in [1.165, 1.54) is 5.01 Å². The zero-order chi connectivity index (χ0) is 14.7. The maximum absolute atomic E-state index is 11.3. The van der Waals surface area contributed by atoms with Crippen molar-refractivity contribution in [1.29, 1.82) is 0 Å². The van der Waals surface area contributed by atoms with Crippen LogP contribution in [0.15, 0.2) is 59.9 Å². The van der Waals surface area contributed by atoms with E-state index in [-0.39, 0.29) is 6.04 Å². The van der Waals surface area contributed by atoms with Crippen LogP contribution in [-0.4, -0.2) is 17.7 Å². The van der Waals surface area contributed by atoms with Crippen molar-refractivity contribution in [2.75, 3.05) is 6.61 Å². The van der Waals surface area contributed by atoms with Crippen molar-refractivity contribution in [2.45, 2.75) is 18.7 Å². The summed E-state index contributed by atoms with van der Waals surface area (Å²) in [7, 11) is 0. The second-order valence-corrected chi connectivity index (χ2v) is 5.42. The number of hydrogen-bond donors (Lipinski definition) is 0. The summed E-state index contributed by atoms with van der Waals surface area (Å²) < 4.78 is 5.76. The average Bonchev–Trinajstić information content (AvgIpc) is 2.91. The van der Waals surface area contributed by atoms with Gasteiger partial charge in [-0.25, -0.2) is 5.01 Å². The molecule has 1 aliphatic heterocycles. The third kappa shape index (κ3) is 2.91. The van der Waals surface area contributed by atoms with E-state index in [4.69, 9.17) is 16.3 Å². The molecule has 0 unspecified atom stereocenters. The van der Waals surface area contributed by atoms with Gasteiger partial charge in [0, 0.05) is 10.6 Å². The lowest BCUT2D eigenvalue weighted by atomic mass is 10.1. The van der Waals surface area contributed by atoms with E-state index in [1.807, 2.05) is 48.5 Å².